The van der Waals surface area contributed by atoms with Gasteiger partial charge >= 0.3 is 0 Å². The second kappa shape index (κ2) is 5.67. The summed E-state index contributed by atoms with van der Waals surface area (Å²) >= 11 is 3.35. The van der Waals surface area contributed by atoms with E-state index in [-0.39, 0.29) is 5.91 Å². The molecular formula is C14H19BrN2O2. The molecule has 0 bridgehead atoms. The van der Waals surface area contributed by atoms with E-state index in [4.69, 9.17) is 4.42 Å². The number of halogens is 1. The van der Waals surface area contributed by atoms with Crippen LogP contribution in [0.25, 0.3) is 0 Å². The number of amides is 1. The monoisotopic (exact) mass is 326 g/mol. The Morgan fingerprint density at radius 1 is 1.42 bits per heavy atom. The molecule has 0 aromatic carbocycles. The first-order valence-electron chi connectivity index (χ1n) is 6.97. The van der Waals surface area contributed by atoms with Gasteiger partial charge in [-0.3, -0.25) is 9.69 Å². The summed E-state index contributed by atoms with van der Waals surface area (Å²) in [4.78, 5) is 13.9. The van der Waals surface area contributed by atoms with E-state index in [1.165, 1.54) is 19.3 Å². The van der Waals surface area contributed by atoms with E-state index < -0.39 is 0 Å². The third-order valence-electron chi connectivity index (χ3n) is 4.21. The van der Waals surface area contributed by atoms with Gasteiger partial charge in [-0.2, -0.15) is 0 Å². The first-order valence-corrected chi connectivity index (χ1v) is 7.76. The number of hydrogen-bond donors (Lipinski definition) is 1. The first-order chi connectivity index (χ1) is 9.22. The number of furan rings is 1. The van der Waals surface area contributed by atoms with Crippen LogP contribution in [0.3, 0.4) is 0 Å². The highest BCUT2D eigenvalue weighted by Crippen LogP contribution is 2.29. The largest absolute Gasteiger partial charge is 0.453 e. The summed E-state index contributed by atoms with van der Waals surface area (Å²) in [5.74, 6) is 1.67. The Labute approximate surface area is 121 Å². The minimum Gasteiger partial charge on any atom is -0.453 e. The molecule has 4 nitrogen and oxygen atoms in total. The lowest BCUT2D eigenvalue weighted by molar-refractivity contribution is -0.119. The zero-order valence-corrected chi connectivity index (χ0v) is 12.5. The van der Waals surface area contributed by atoms with Crippen molar-refractivity contribution in [2.75, 3.05) is 13.1 Å². The molecule has 2 aliphatic rings. The molecule has 2 atom stereocenters. The average molecular weight is 327 g/mol. The molecule has 1 amide bonds. The first kappa shape index (κ1) is 13.2. The van der Waals surface area contributed by atoms with Crippen LogP contribution in [0.2, 0.25) is 0 Å². The minimum atomic E-state index is 0.205. The molecule has 3 heterocycles. The summed E-state index contributed by atoms with van der Waals surface area (Å²) in [7, 11) is 0. The van der Waals surface area contributed by atoms with Crippen molar-refractivity contribution in [1.82, 2.24) is 10.2 Å². The Hall–Kier alpha value is -0.810. The quantitative estimate of drug-likeness (QED) is 0.928. The highest BCUT2D eigenvalue weighted by atomic mass is 79.9. The maximum atomic E-state index is 11.4. The van der Waals surface area contributed by atoms with Gasteiger partial charge in [0, 0.05) is 24.9 Å². The van der Waals surface area contributed by atoms with Crippen molar-refractivity contribution < 1.29 is 9.21 Å². The fraction of sp³-hybridized carbons (Fsp3) is 0.643. The Morgan fingerprint density at radius 3 is 3.00 bits per heavy atom. The standard InChI is InChI=1S/C14H19BrN2O2/c15-13-5-4-11(19-13)9-17-6-2-1-3-12(17)10-7-14(18)16-8-10/h4-5,10,12H,1-3,6-9H2,(H,16,18)/t10-,12+/m0/s1. The number of rotatable bonds is 3. The van der Waals surface area contributed by atoms with Crippen molar-refractivity contribution in [1.29, 1.82) is 0 Å². The lowest BCUT2D eigenvalue weighted by atomic mass is 9.89. The average Bonchev–Trinajstić information content (AvgIpc) is 2.99. The number of likely N-dealkylation sites (tertiary alicyclic amines) is 1. The maximum absolute atomic E-state index is 11.4. The van der Waals surface area contributed by atoms with Gasteiger partial charge in [0.1, 0.15) is 5.76 Å². The van der Waals surface area contributed by atoms with E-state index in [1.54, 1.807) is 0 Å². The second-order valence-corrected chi connectivity index (χ2v) is 6.29. The van der Waals surface area contributed by atoms with E-state index in [0.717, 1.165) is 30.1 Å². The fourth-order valence-corrected chi connectivity index (χ4v) is 3.62. The number of carbonyl (C=O) groups excluding carboxylic acids is 1. The number of piperidine rings is 1. The predicted octanol–water partition coefficient (Wildman–Crippen LogP) is 2.53. The Morgan fingerprint density at radius 2 is 2.32 bits per heavy atom. The van der Waals surface area contributed by atoms with Gasteiger partial charge < -0.3 is 9.73 Å². The predicted molar refractivity (Wildman–Crippen MR) is 75.6 cm³/mol. The normalized spacial score (nSPS) is 28.6. The summed E-state index contributed by atoms with van der Waals surface area (Å²) < 4.78 is 6.40. The van der Waals surface area contributed by atoms with Gasteiger partial charge in [0.05, 0.1) is 6.54 Å². The number of nitrogens with zero attached hydrogens (tertiary/aromatic N) is 1. The Bertz CT molecular complexity index is 460. The van der Waals surface area contributed by atoms with Crippen LogP contribution in [0.1, 0.15) is 31.4 Å². The Balaban J connectivity index is 1.68. The van der Waals surface area contributed by atoms with E-state index in [9.17, 15) is 4.79 Å². The van der Waals surface area contributed by atoms with E-state index in [0.29, 0.717) is 18.4 Å². The molecule has 1 N–H and O–H groups in total. The molecule has 0 spiro atoms. The third-order valence-corrected chi connectivity index (χ3v) is 4.63. The number of nitrogens with one attached hydrogen (secondary N) is 1. The topological polar surface area (TPSA) is 45.5 Å². The molecular weight excluding hydrogens is 308 g/mol. The van der Waals surface area contributed by atoms with E-state index in [2.05, 4.69) is 26.1 Å². The van der Waals surface area contributed by atoms with Crippen LogP contribution in [0.4, 0.5) is 0 Å². The molecule has 0 unspecified atom stereocenters. The van der Waals surface area contributed by atoms with Crippen LogP contribution in [0.5, 0.6) is 0 Å². The molecule has 0 radical (unpaired) electrons. The molecule has 0 saturated carbocycles. The molecule has 2 saturated heterocycles. The van der Waals surface area contributed by atoms with Crippen molar-refractivity contribution >= 4 is 21.8 Å². The van der Waals surface area contributed by atoms with Crippen molar-refractivity contribution in [3.8, 4) is 0 Å². The molecule has 104 valence electrons. The van der Waals surface area contributed by atoms with Gasteiger partial charge in [0.2, 0.25) is 5.91 Å². The van der Waals surface area contributed by atoms with Crippen LogP contribution in [-0.4, -0.2) is 29.9 Å². The molecule has 1 aromatic heterocycles. The van der Waals surface area contributed by atoms with Gasteiger partial charge in [-0.05, 0) is 47.4 Å². The minimum absolute atomic E-state index is 0.205. The van der Waals surface area contributed by atoms with Crippen molar-refractivity contribution in [3.63, 3.8) is 0 Å². The number of hydrogen-bond acceptors (Lipinski definition) is 3. The summed E-state index contributed by atoms with van der Waals surface area (Å²) in [6, 6.07) is 4.47. The summed E-state index contributed by atoms with van der Waals surface area (Å²) in [5, 5.41) is 2.96. The van der Waals surface area contributed by atoms with Gasteiger partial charge in [-0.1, -0.05) is 6.42 Å². The van der Waals surface area contributed by atoms with Gasteiger partial charge in [0.25, 0.3) is 0 Å². The van der Waals surface area contributed by atoms with Crippen molar-refractivity contribution in [2.24, 2.45) is 5.92 Å². The van der Waals surface area contributed by atoms with Crippen molar-refractivity contribution in [3.05, 3.63) is 22.6 Å². The van der Waals surface area contributed by atoms with E-state index in [1.807, 2.05) is 12.1 Å². The summed E-state index contributed by atoms with van der Waals surface area (Å²) in [5.41, 5.74) is 0. The fourth-order valence-electron chi connectivity index (χ4n) is 3.28. The van der Waals surface area contributed by atoms with Crippen LogP contribution >= 0.6 is 15.9 Å². The Kier molecular flexibility index (Phi) is 3.93. The zero-order chi connectivity index (χ0) is 13.2. The molecule has 2 fully saturated rings. The number of carbonyl (C=O) groups is 1. The van der Waals surface area contributed by atoms with Gasteiger partial charge in [0.15, 0.2) is 4.67 Å². The summed E-state index contributed by atoms with van der Waals surface area (Å²) in [6.07, 6.45) is 4.39. The second-order valence-electron chi connectivity index (χ2n) is 5.51. The van der Waals surface area contributed by atoms with E-state index >= 15 is 0 Å². The van der Waals surface area contributed by atoms with Gasteiger partial charge in [-0.25, -0.2) is 0 Å². The summed E-state index contributed by atoms with van der Waals surface area (Å²) in [6.45, 7) is 2.79. The van der Waals surface area contributed by atoms with Gasteiger partial charge in [-0.15, -0.1) is 0 Å². The lowest BCUT2D eigenvalue weighted by Gasteiger charge is -2.38. The lowest BCUT2D eigenvalue weighted by Crippen LogP contribution is -2.44. The highest BCUT2D eigenvalue weighted by molar-refractivity contribution is 9.10. The third kappa shape index (κ3) is 3.03. The van der Waals surface area contributed by atoms with Crippen LogP contribution in [-0.2, 0) is 11.3 Å². The molecule has 2 aliphatic heterocycles. The van der Waals surface area contributed by atoms with Crippen LogP contribution in [0.15, 0.2) is 21.2 Å². The highest BCUT2D eigenvalue weighted by Gasteiger charge is 2.34. The molecule has 0 aliphatic carbocycles. The molecule has 1 aromatic rings. The smallest absolute Gasteiger partial charge is 0.220 e. The van der Waals surface area contributed by atoms with Crippen molar-refractivity contribution in [2.45, 2.75) is 38.3 Å². The maximum Gasteiger partial charge on any atom is 0.220 e. The molecule has 5 heteroatoms. The molecule has 3 rings (SSSR count). The van der Waals surface area contributed by atoms with Crippen LogP contribution in [0, 0.1) is 5.92 Å². The zero-order valence-electron chi connectivity index (χ0n) is 10.9. The van der Waals surface area contributed by atoms with Crippen LogP contribution < -0.4 is 5.32 Å². The molecule has 19 heavy (non-hydrogen) atoms. The SMILES string of the molecule is O=C1C[C@H]([C@H]2CCCCN2Cc2ccc(Br)o2)CN1.